The summed E-state index contributed by atoms with van der Waals surface area (Å²) in [6, 6.07) is 0. The number of fused-ring (bicyclic) bond motifs is 2. The van der Waals surface area contributed by atoms with Gasteiger partial charge in [-0.1, -0.05) is 48.5 Å². The van der Waals surface area contributed by atoms with Crippen molar-refractivity contribution in [2.75, 3.05) is 13.7 Å². The second-order valence-electron chi connectivity index (χ2n) is 14.5. The molecule has 0 aromatic rings. The summed E-state index contributed by atoms with van der Waals surface area (Å²) in [6.07, 6.45) is 2.81. The second kappa shape index (κ2) is 13.0. The summed E-state index contributed by atoms with van der Waals surface area (Å²) in [5.41, 5.74) is -5.21. The van der Waals surface area contributed by atoms with Gasteiger partial charge in [0.2, 0.25) is 0 Å². The lowest BCUT2D eigenvalue weighted by Crippen LogP contribution is -2.51. The predicted octanol–water partition coefficient (Wildman–Crippen LogP) is 5.88. The summed E-state index contributed by atoms with van der Waals surface area (Å²) < 4.78 is 16.5. The van der Waals surface area contributed by atoms with Crippen LogP contribution >= 0.6 is 0 Å². The van der Waals surface area contributed by atoms with Gasteiger partial charge in [-0.05, 0) is 90.9 Å². The molecular weight excluding hydrogens is 524 g/mol. The van der Waals surface area contributed by atoms with E-state index in [1.807, 2.05) is 20.8 Å². The molecular formula is C33H57O8-. The van der Waals surface area contributed by atoms with Crippen LogP contribution < -0.4 is 5.11 Å². The molecule has 238 valence electrons. The molecule has 8 nitrogen and oxygen atoms in total. The van der Waals surface area contributed by atoms with E-state index in [0.29, 0.717) is 12.3 Å². The number of esters is 3. The molecule has 0 aliphatic heterocycles. The molecule has 6 atom stereocenters. The molecule has 2 saturated carbocycles. The molecule has 2 aliphatic rings. The van der Waals surface area contributed by atoms with Gasteiger partial charge in [0.1, 0.15) is 6.10 Å². The Morgan fingerprint density at radius 1 is 0.829 bits per heavy atom. The van der Waals surface area contributed by atoms with Gasteiger partial charge in [-0.15, -0.1) is 0 Å². The van der Waals surface area contributed by atoms with E-state index in [2.05, 4.69) is 20.8 Å². The number of methoxy groups -OCH3 is 1. The monoisotopic (exact) mass is 581 g/mol. The molecule has 0 aromatic carbocycles. The fraction of sp³-hybridized carbons (Fsp3) is 0.879. The van der Waals surface area contributed by atoms with Gasteiger partial charge in [-0.2, -0.15) is 0 Å². The largest absolute Gasteiger partial charge is 0.550 e. The number of carbonyl (C=O) groups excluding carboxylic acids is 4. The molecule has 2 bridgehead atoms. The number of carboxylic acids is 1. The molecule has 0 saturated heterocycles. The number of carboxylic acid groups (broad SMARTS) is 1. The van der Waals surface area contributed by atoms with Crippen molar-refractivity contribution in [3.8, 4) is 0 Å². The highest BCUT2D eigenvalue weighted by molar-refractivity contribution is 5.83. The fourth-order valence-electron chi connectivity index (χ4n) is 7.68. The van der Waals surface area contributed by atoms with Crippen molar-refractivity contribution in [1.82, 2.24) is 0 Å². The zero-order chi connectivity index (χ0) is 32.2. The molecule has 2 aliphatic carbocycles. The van der Waals surface area contributed by atoms with Gasteiger partial charge in [0, 0.05) is 16.8 Å². The predicted molar refractivity (Wildman–Crippen MR) is 156 cm³/mol. The van der Waals surface area contributed by atoms with Crippen LogP contribution in [0.2, 0.25) is 0 Å². The maximum atomic E-state index is 13.7. The molecule has 2 fully saturated rings. The maximum absolute atomic E-state index is 13.7. The molecule has 0 N–H and O–H groups in total. The lowest BCUT2D eigenvalue weighted by molar-refractivity contribution is -0.321. The molecule has 8 heteroatoms. The summed E-state index contributed by atoms with van der Waals surface area (Å²) in [6.45, 7) is 22.6. The molecule has 0 amide bonds. The Kier molecular flexibility index (Phi) is 11.7. The highest BCUT2D eigenvalue weighted by Crippen LogP contribution is 2.66. The van der Waals surface area contributed by atoms with Gasteiger partial charge in [0.15, 0.2) is 0 Å². The van der Waals surface area contributed by atoms with Gasteiger partial charge in [-0.25, -0.2) is 0 Å². The maximum Gasteiger partial charge on any atom is 0.312 e. The standard InChI is InChI=1S/C31H52O8.C2H6/c1-12-28(7,25(36)39-21-16-20-14-15-31(21,10)27(20,5)6)18-29(8,22(32)33)19-30(9,24(35)37-11)17-26(3,4)23(34)38-13-2;1-2/h20-21H,12-19H2,1-11H3,(H,32,33);1-2H3/p-1. The van der Waals surface area contributed by atoms with Crippen LogP contribution in [-0.2, 0) is 33.4 Å². The zero-order valence-electron chi connectivity index (χ0n) is 28.1. The first kappa shape index (κ1) is 36.9. The quantitative estimate of drug-likeness (QED) is 0.195. The third kappa shape index (κ3) is 7.10. The first-order chi connectivity index (χ1) is 18.7. The number of rotatable bonds is 13. The molecule has 6 unspecified atom stereocenters. The molecule has 41 heavy (non-hydrogen) atoms. The lowest BCUT2D eigenvalue weighted by Gasteiger charge is -2.45. The van der Waals surface area contributed by atoms with Gasteiger partial charge in [-0.3, -0.25) is 14.4 Å². The summed E-state index contributed by atoms with van der Waals surface area (Å²) in [5, 5.41) is 12.7. The Morgan fingerprint density at radius 3 is 1.76 bits per heavy atom. The molecule has 0 heterocycles. The highest BCUT2D eigenvalue weighted by Gasteiger charge is 2.63. The topological polar surface area (TPSA) is 119 Å². The Hall–Kier alpha value is -2.12. The third-order valence-corrected chi connectivity index (χ3v) is 10.6. The minimum Gasteiger partial charge on any atom is -0.550 e. The zero-order valence-corrected chi connectivity index (χ0v) is 28.1. The van der Waals surface area contributed by atoms with E-state index in [9.17, 15) is 24.3 Å². The fourth-order valence-corrected chi connectivity index (χ4v) is 7.68. The van der Waals surface area contributed by atoms with Gasteiger partial charge >= 0.3 is 17.9 Å². The summed E-state index contributed by atoms with van der Waals surface area (Å²) in [5.74, 6) is -2.42. The van der Waals surface area contributed by atoms with Crippen molar-refractivity contribution >= 4 is 23.9 Å². The summed E-state index contributed by atoms with van der Waals surface area (Å²) in [7, 11) is 1.24. The van der Waals surface area contributed by atoms with E-state index in [4.69, 9.17) is 14.2 Å². The molecule has 0 radical (unpaired) electrons. The number of hydrogen-bond acceptors (Lipinski definition) is 8. The van der Waals surface area contributed by atoms with E-state index in [1.165, 1.54) is 14.0 Å². The lowest BCUT2D eigenvalue weighted by atomic mass is 9.61. The van der Waals surface area contributed by atoms with Crippen LogP contribution in [0.3, 0.4) is 0 Å². The summed E-state index contributed by atoms with van der Waals surface area (Å²) in [4.78, 5) is 52.2. The van der Waals surface area contributed by atoms with E-state index >= 15 is 0 Å². The van der Waals surface area contributed by atoms with Crippen LogP contribution in [0.25, 0.3) is 0 Å². The number of carbonyl (C=O) groups is 4. The average molecular weight is 582 g/mol. The van der Waals surface area contributed by atoms with Gasteiger partial charge in [0.25, 0.3) is 0 Å². The Balaban J connectivity index is 0.00000411. The number of aliphatic carboxylic acids is 1. The normalized spacial score (nSPS) is 27.2. The van der Waals surface area contributed by atoms with Crippen LogP contribution in [0.1, 0.15) is 128 Å². The SMILES string of the molecule is CC.CCOC(=O)C(C)(C)CC(C)(CC(C)(CC(C)(CC)C(=O)OC1CC2CCC1(C)C2(C)C)C(=O)[O-])C(=O)OC. The van der Waals surface area contributed by atoms with Gasteiger partial charge < -0.3 is 24.1 Å². The van der Waals surface area contributed by atoms with Gasteiger partial charge in [0.05, 0.1) is 30.0 Å². The first-order valence-corrected chi connectivity index (χ1v) is 15.4. The minimum absolute atomic E-state index is 0.00143. The second-order valence-corrected chi connectivity index (χ2v) is 14.5. The highest BCUT2D eigenvalue weighted by atomic mass is 16.5. The molecule has 0 aromatic heterocycles. The van der Waals surface area contributed by atoms with Crippen LogP contribution in [0.5, 0.6) is 0 Å². The third-order valence-electron chi connectivity index (χ3n) is 10.6. The van der Waals surface area contributed by atoms with E-state index < -0.39 is 45.5 Å². The number of hydrogen-bond donors (Lipinski definition) is 0. The summed E-state index contributed by atoms with van der Waals surface area (Å²) >= 11 is 0. The Bertz CT molecular complexity index is 970. The van der Waals surface area contributed by atoms with Crippen molar-refractivity contribution in [3.63, 3.8) is 0 Å². The van der Waals surface area contributed by atoms with Crippen LogP contribution in [0.15, 0.2) is 0 Å². The van der Waals surface area contributed by atoms with Crippen molar-refractivity contribution in [3.05, 3.63) is 0 Å². The average Bonchev–Trinajstić information content (AvgIpc) is 3.22. The van der Waals surface area contributed by atoms with Crippen LogP contribution in [0.4, 0.5) is 0 Å². The smallest absolute Gasteiger partial charge is 0.312 e. The Morgan fingerprint density at radius 2 is 1.37 bits per heavy atom. The van der Waals surface area contributed by atoms with Crippen molar-refractivity contribution < 1.29 is 38.5 Å². The molecule has 2 rings (SSSR count). The van der Waals surface area contributed by atoms with E-state index in [-0.39, 0.29) is 42.8 Å². The van der Waals surface area contributed by atoms with Crippen molar-refractivity contribution in [2.24, 2.45) is 38.4 Å². The van der Waals surface area contributed by atoms with E-state index in [0.717, 1.165) is 19.3 Å². The Labute approximate surface area is 248 Å². The van der Waals surface area contributed by atoms with Crippen molar-refractivity contribution in [2.45, 2.75) is 134 Å². The minimum atomic E-state index is -1.59. The van der Waals surface area contributed by atoms with Crippen LogP contribution in [-0.4, -0.2) is 43.7 Å². The van der Waals surface area contributed by atoms with Crippen LogP contribution in [0, 0.1) is 38.4 Å². The molecule has 0 spiro atoms. The van der Waals surface area contributed by atoms with Crippen molar-refractivity contribution in [1.29, 1.82) is 0 Å². The first-order valence-electron chi connectivity index (χ1n) is 15.4. The van der Waals surface area contributed by atoms with E-state index in [1.54, 1.807) is 34.6 Å². The number of ether oxygens (including phenoxy) is 3.